The predicted molar refractivity (Wildman–Crippen MR) is 53.5 cm³/mol. The number of rotatable bonds is 2. The van der Waals surface area contributed by atoms with Crippen LogP contribution in [0.3, 0.4) is 0 Å². The molecule has 1 N–H and O–H groups in total. The molecule has 0 aliphatic carbocycles. The first-order valence-corrected chi connectivity index (χ1v) is 5.04. The number of amides is 1. The van der Waals surface area contributed by atoms with Gasteiger partial charge in [0.1, 0.15) is 0 Å². The number of likely N-dealkylation sites (tertiary alicyclic amines) is 1. The van der Waals surface area contributed by atoms with Crippen molar-refractivity contribution in [2.45, 2.75) is 39.3 Å². The SMILES string of the molecule is CN[C@H]1C[C@@H](C)N(C(=O)C(C)C)C1. The Kier molecular flexibility index (Phi) is 3.31. The summed E-state index contributed by atoms with van der Waals surface area (Å²) in [5, 5.41) is 3.22. The second-order valence-corrected chi connectivity index (χ2v) is 4.22. The van der Waals surface area contributed by atoms with E-state index in [2.05, 4.69) is 12.2 Å². The first-order chi connectivity index (χ1) is 6.06. The summed E-state index contributed by atoms with van der Waals surface area (Å²) >= 11 is 0. The molecule has 0 bridgehead atoms. The van der Waals surface area contributed by atoms with E-state index >= 15 is 0 Å². The van der Waals surface area contributed by atoms with Gasteiger partial charge in [0, 0.05) is 24.5 Å². The Morgan fingerprint density at radius 2 is 2.15 bits per heavy atom. The van der Waals surface area contributed by atoms with Crippen LogP contribution < -0.4 is 5.32 Å². The third-order valence-electron chi connectivity index (χ3n) is 2.76. The van der Waals surface area contributed by atoms with E-state index in [9.17, 15) is 4.79 Å². The normalized spacial score (nSPS) is 28.5. The summed E-state index contributed by atoms with van der Waals surface area (Å²) < 4.78 is 0. The summed E-state index contributed by atoms with van der Waals surface area (Å²) in [4.78, 5) is 13.7. The van der Waals surface area contributed by atoms with Gasteiger partial charge in [-0.25, -0.2) is 0 Å². The number of nitrogens with zero attached hydrogens (tertiary/aromatic N) is 1. The average molecular weight is 184 g/mol. The fourth-order valence-corrected chi connectivity index (χ4v) is 1.88. The average Bonchev–Trinajstić information content (AvgIpc) is 2.45. The van der Waals surface area contributed by atoms with Gasteiger partial charge in [-0.15, -0.1) is 0 Å². The highest BCUT2D eigenvalue weighted by Gasteiger charge is 2.32. The van der Waals surface area contributed by atoms with E-state index in [0.717, 1.165) is 13.0 Å². The number of hydrogen-bond acceptors (Lipinski definition) is 2. The Hall–Kier alpha value is -0.570. The highest BCUT2D eigenvalue weighted by Crippen LogP contribution is 2.19. The number of likely N-dealkylation sites (N-methyl/N-ethyl adjacent to an activating group) is 1. The van der Waals surface area contributed by atoms with E-state index < -0.39 is 0 Å². The van der Waals surface area contributed by atoms with E-state index in [0.29, 0.717) is 12.1 Å². The van der Waals surface area contributed by atoms with Gasteiger partial charge in [0.25, 0.3) is 0 Å². The van der Waals surface area contributed by atoms with E-state index in [4.69, 9.17) is 0 Å². The van der Waals surface area contributed by atoms with Crippen LogP contribution in [0.25, 0.3) is 0 Å². The van der Waals surface area contributed by atoms with Gasteiger partial charge in [-0.1, -0.05) is 13.8 Å². The number of carbonyl (C=O) groups excluding carboxylic acids is 1. The molecule has 1 heterocycles. The largest absolute Gasteiger partial charge is 0.338 e. The van der Waals surface area contributed by atoms with Gasteiger partial charge in [0.15, 0.2) is 0 Å². The summed E-state index contributed by atoms with van der Waals surface area (Å²) in [5.74, 6) is 0.406. The van der Waals surface area contributed by atoms with Crippen molar-refractivity contribution in [1.29, 1.82) is 0 Å². The number of nitrogens with one attached hydrogen (secondary N) is 1. The van der Waals surface area contributed by atoms with Gasteiger partial charge < -0.3 is 10.2 Å². The van der Waals surface area contributed by atoms with E-state index in [1.807, 2.05) is 25.8 Å². The Labute approximate surface area is 80.5 Å². The van der Waals surface area contributed by atoms with Crippen LogP contribution in [0, 0.1) is 5.92 Å². The molecule has 1 aliphatic heterocycles. The van der Waals surface area contributed by atoms with Gasteiger partial charge in [-0.05, 0) is 20.4 Å². The molecule has 1 saturated heterocycles. The molecule has 0 saturated carbocycles. The summed E-state index contributed by atoms with van der Waals surface area (Å²) in [6, 6.07) is 0.880. The van der Waals surface area contributed by atoms with E-state index in [-0.39, 0.29) is 11.8 Å². The second kappa shape index (κ2) is 4.09. The molecule has 13 heavy (non-hydrogen) atoms. The van der Waals surface area contributed by atoms with Crippen LogP contribution in [0.2, 0.25) is 0 Å². The van der Waals surface area contributed by atoms with Crippen LogP contribution in [-0.2, 0) is 4.79 Å². The van der Waals surface area contributed by atoms with Crippen LogP contribution >= 0.6 is 0 Å². The Balaban J connectivity index is 2.57. The smallest absolute Gasteiger partial charge is 0.225 e. The van der Waals surface area contributed by atoms with Crippen molar-refractivity contribution in [3.63, 3.8) is 0 Å². The van der Waals surface area contributed by atoms with Crippen LogP contribution in [0.4, 0.5) is 0 Å². The molecule has 1 rings (SSSR count). The molecule has 0 aromatic carbocycles. The molecular weight excluding hydrogens is 164 g/mol. The lowest BCUT2D eigenvalue weighted by atomic mass is 10.1. The molecule has 0 spiro atoms. The highest BCUT2D eigenvalue weighted by molar-refractivity contribution is 5.78. The lowest BCUT2D eigenvalue weighted by molar-refractivity contribution is -0.135. The Bertz CT molecular complexity index is 191. The predicted octanol–water partition coefficient (Wildman–Crippen LogP) is 0.851. The van der Waals surface area contributed by atoms with E-state index in [1.165, 1.54) is 0 Å². The fourth-order valence-electron chi connectivity index (χ4n) is 1.88. The molecule has 3 heteroatoms. The molecule has 0 aromatic rings. The quantitative estimate of drug-likeness (QED) is 0.690. The van der Waals surface area contributed by atoms with Crippen LogP contribution in [0.1, 0.15) is 27.2 Å². The maximum atomic E-state index is 11.7. The van der Waals surface area contributed by atoms with Gasteiger partial charge in [-0.2, -0.15) is 0 Å². The maximum Gasteiger partial charge on any atom is 0.225 e. The van der Waals surface area contributed by atoms with Crippen LogP contribution in [-0.4, -0.2) is 36.5 Å². The number of carbonyl (C=O) groups is 1. The molecule has 1 aliphatic rings. The lowest BCUT2D eigenvalue weighted by Gasteiger charge is -2.23. The topological polar surface area (TPSA) is 32.3 Å². The number of hydrogen-bond donors (Lipinski definition) is 1. The van der Waals surface area contributed by atoms with Crippen molar-refractivity contribution in [2.24, 2.45) is 5.92 Å². The third-order valence-corrected chi connectivity index (χ3v) is 2.76. The summed E-state index contributed by atoms with van der Waals surface area (Å²) in [6.45, 7) is 6.91. The molecule has 0 unspecified atom stereocenters. The fraction of sp³-hybridized carbons (Fsp3) is 0.900. The zero-order valence-corrected chi connectivity index (χ0v) is 9.00. The molecular formula is C10H20N2O. The maximum absolute atomic E-state index is 11.7. The summed E-state index contributed by atoms with van der Waals surface area (Å²) in [6.07, 6.45) is 1.08. The molecule has 0 aromatic heterocycles. The van der Waals surface area contributed by atoms with Crippen molar-refractivity contribution >= 4 is 5.91 Å². The standard InChI is InChI=1S/C10H20N2O/c1-7(2)10(13)12-6-9(11-4)5-8(12)3/h7-9,11H,5-6H2,1-4H3/t8-,9+/m1/s1. The molecule has 2 atom stereocenters. The first kappa shape index (κ1) is 10.5. The van der Waals surface area contributed by atoms with Crippen LogP contribution in [0.5, 0.6) is 0 Å². The molecule has 1 amide bonds. The lowest BCUT2D eigenvalue weighted by Crippen LogP contribution is -2.38. The highest BCUT2D eigenvalue weighted by atomic mass is 16.2. The van der Waals surface area contributed by atoms with Crippen LogP contribution in [0.15, 0.2) is 0 Å². The molecule has 3 nitrogen and oxygen atoms in total. The van der Waals surface area contributed by atoms with Crippen molar-refractivity contribution in [3.05, 3.63) is 0 Å². The van der Waals surface area contributed by atoms with Crippen molar-refractivity contribution in [1.82, 2.24) is 10.2 Å². The zero-order chi connectivity index (χ0) is 10.0. The Morgan fingerprint density at radius 3 is 2.54 bits per heavy atom. The zero-order valence-electron chi connectivity index (χ0n) is 9.00. The second-order valence-electron chi connectivity index (χ2n) is 4.22. The van der Waals surface area contributed by atoms with Crippen molar-refractivity contribution in [2.75, 3.05) is 13.6 Å². The first-order valence-electron chi connectivity index (χ1n) is 5.04. The van der Waals surface area contributed by atoms with Gasteiger partial charge in [-0.3, -0.25) is 4.79 Å². The summed E-state index contributed by atoms with van der Waals surface area (Å²) in [5.41, 5.74) is 0. The molecule has 0 radical (unpaired) electrons. The van der Waals surface area contributed by atoms with Gasteiger partial charge in [0.2, 0.25) is 5.91 Å². The minimum atomic E-state index is 0.123. The Morgan fingerprint density at radius 1 is 1.54 bits per heavy atom. The van der Waals surface area contributed by atoms with Crippen molar-refractivity contribution < 1.29 is 4.79 Å². The molecule has 1 fully saturated rings. The minimum absolute atomic E-state index is 0.123. The molecule has 76 valence electrons. The minimum Gasteiger partial charge on any atom is -0.338 e. The third kappa shape index (κ3) is 2.21. The van der Waals surface area contributed by atoms with Gasteiger partial charge in [0.05, 0.1) is 0 Å². The summed E-state index contributed by atoms with van der Waals surface area (Å²) in [7, 11) is 1.96. The monoisotopic (exact) mass is 184 g/mol. The van der Waals surface area contributed by atoms with Gasteiger partial charge >= 0.3 is 0 Å². The van der Waals surface area contributed by atoms with Crippen molar-refractivity contribution in [3.8, 4) is 0 Å². The van der Waals surface area contributed by atoms with E-state index in [1.54, 1.807) is 0 Å².